The van der Waals surface area contributed by atoms with Gasteiger partial charge in [0.25, 0.3) is 11.8 Å². The van der Waals surface area contributed by atoms with Crippen LogP contribution in [0.5, 0.6) is 0 Å². The molecule has 1 N–H and O–H groups in total. The van der Waals surface area contributed by atoms with E-state index in [-0.39, 0.29) is 17.9 Å². The maximum Gasteiger partial charge on any atom is 0.442 e. The summed E-state index contributed by atoms with van der Waals surface area (Å²) < 4.78 is 55.3. The molecule has 0 radical (unpaired) electrons. The zero-order valence-electron chi connectivity index (χ0n) is 15.3. The van der Waals surface area contributed by atoms with Gasteiger partial charge in [-0.2, -0.15) is 13.2 Å². The Morgan fingerprint density at radius 2 is 1.72 bits per heavy atom. The van der Waals surface area contributed by atoms with Crippen LogP contribution in [0, 0.1) is 5.82 Å². The summed E-state index contributed by atoms with van der Waals surface area (Å²) in [5.41, 5.74) is -3.37. The molecule has 0 aliphatic carbocycles. The van der Waals surface area contributed by atoms with Crippen molar-refractivity contribution >= 4 is 17.6 Å². The molecule has 0 unspecified atom stereocenters. The first-order valence-electron chi connectivity index (χ1n) is 8.81. The summed E-state index contributed by atoms with van der Waals surface area (Å²) in [6.45, 7) is 1.71. The molecular formula is C20H17F4N3O2. The quantitative estimate of drug-likeness (QED) is 0.771. The van der Waals surface area contributed by atoms with Crippen molar-refractivity contribution in [2.75, 3.05) is 6.54 Å². The van der Waals surface area contributed by atoms with Crippen LogP contribution in [0.1, 0.15) is 29.3 Å². The second kappa shape index (κ2) is 7.65. The highest BCUT2D eigenvalue weighted by molar-refractivity contribution is 6.16. The van der Waals surface area contributed by atoms with Gasteiger partial charge in [-0.25, -0.2) is 9.38 Å². The van der Waals surface area contributed by atoms with E-state index in [2.05, 4.69) is 4.99 Å². The number of alkyl halides is 3. The molecule has 152 valence electrons. The molecule has 9 heteroatoms. The van der Waals surface area contributed by atoms with Crippen molar-refractivity contribution < 1.29 is 27.2 Å². The Kier molecular flexibility index (Phi) is 5.41. The first-order valence-corrected chi connectivity index (χ1v) is 8.81. The standard InChI is InChI=1S/C20H17F4N3O2/c1-2-12-27-16(13-6-4-3-5-7-13)25-19(18(27)29,20(22,23)24)26-17(28)14-8-10-15(21)11-9-14/h3-11H,2,12H2,1H3,(H,26,28)/t19-/m0/s1. The van der Waals surface area contributed by atoms with E-state index in [1.54, 1.807) is 30.4 Å². The summed E-state index contributed by atoms with van der Waals surface area (Å²) in [5.74, 6) is -3.40. The minimum atomic E-state index is -5.19. The summed E-state index contributed by atoms with van der Waals surface area (Å²) in [4.78, 5) is 29.9. The fourth-order valence-corrected chi connectivity index (χ4v) is 2.97. The van der Waals surface area contributed by atoms with E-state index >= 15 is 0 Å². The van der Waals surface area contributed by atoms with E-state index in [4.69, 9.17) is 0 Å². The van der Waals surface area contributed by atoms with Crippen LogP contribution in [-0.2, 0) is 4.79 Å². The number of hydrogen-bond acceptors (Lipinski definition) is 3. The van der Waals surface area contributed by atoms with E-state index in [9.17, 15) is 27.2 Å². The Bertz CT molecular complexity index is 942. The van der Waals surface area contributed by atoms with Crippen LogP contribution in [0.15, 0.2) is 59.6 Å². The fourth-order valence-electron chi connectivity index (χ4n) is 2.97. The normalized spacial score (nSPS) is 19.3. The maximum absolute atomic E-state index is 14.1. The molecule has 5 nitrogen and oxygen atoms in total. The van der Waals surface area contributed by atoms with Crippen LogP contribution >= 0.6 is 0 Å². The second-order valence-corrected chi connectivity index (χ2v) is 6.43. The minimum absolute atomic E-state index is 0.00317. The number of aliphatic imine (C=N–C) groups is 1. The van der Waals surface area contributed by atoms with Gasteiger partial charge in [0.2, 0.25) is 0 Å². The largest absolute Gasteiger partial charge is 0.442 e. The van der Waals surface area contributed by atoms with Gasteiger partial charge in [0.1, 0.15) is 11.7 Å². The topological polar surface area (TPSA) is 61.8 Å². The molecule has 1 atom stereocenters. The first-order chi connectivity index (χ1) is 13.7. The molecule has 3 rings (SSSR count). The Balaban J connectivity index is 2.08. The summed E-state index contributed by atoms with van der Waals surface area (Å²) in [6.07, 6.45) is -4.81. The number of hydrogen-bond donors (Lipinski definition) is 1. The summed E-state index contributed by atoms with van der Waals surface area (Å²) in [7, 11) is 0. The Labute approximate surface area is 164 Å². The summed E-state index contributed by atoms with van der Waals surface area (Å²) >= 11 is 0. The van der Waals surface area contributed by atoms with Gasteiger partial charge in [-0.3, -0.25) is 14.5 Å². The lowest BCUT2D eigenvalue weighted by Gasteiger charge is -2.29. The van der Waals surface area contributed by atoms with Gasteiger partial charge in [-0.1, -0.05) is 37.3 Å². The van der Waals surface area contributed by atoms with Crippen molar-refractivity contribution in [2.24, 2.45) is 4.99 Å². The molecule has 2 aromatic carbocycles. The highest BCUT2D eigenvalue weighted by Crippen LogP contribution is 2.38. The van der Waals surface area contributed by atoms with Crippen molar-refractivity contribution in [3.8, 4) is 0 Å². The van der Waals surface area contributed by atoms with Gasteiger partial charge < -0.3 is 5.32 Å². The van der Waals surface area contributed by atoms with Crippen LogP contribution in [0.3, 0.4) is 0 Å². The third-order valence-electron chi connectivity index (χ3n) is 4.37. The summed E-state index contributed by atoms with van der Waals surface area (Å²) in [5, 5.41) is 1.74. The monoisotopic (exact) mass is 407 g/mol. The van der Waals surface area contributed by atoms with E-state index in [1.807, 2.05) is 0 Å². The number of amides is 2. The van der Waals surface area contributed by atoms with Crippen molar-refractivity contribution in [2.45, 2.75) is 25.2 Å². The number of amidine groups is 1. The van der Waals surface area contributed by atoms with E-state index in [1.165, 1.54) is 12.1 Å². The zero-order valence-corrected chi connectivity index (χ0v) is 15.3. The lowest BCUT2D eigenvalue weighted by Crippen LogP contribution is -2.63. The maximum atomic E-state index is 14.1. The average Bonchev–Trinajstić information content (AvgIpc) is 2.96. The molecule has 2 aromatic rings. The van der Waals surface area contributed by atoms with Gasteiger partial charge in [0.15, 0.2) is 0 Å². The number of carbonyl (C=O) groups excluding carboxylic acids is 2. The second-order valence-electron chi connectivity index (χ2n) is 6.43. The van der Waals surface area contributed by atoms with Gasteiger partial charge in [-0.05, 0) is 30.7 Å². The van der Waals surface area contributed by atoms with Crippen molar-refractivity contribution in [1.82, 2.24) is 10.2 Å². The number of nitrogens with zero attached hydrogens (tertiary/aromatic N) is 2. The molecular weight excluding hydrogens is 390 g/mol. The predicted molar refractivity (Wildman–Crippen MR) is 97.6 cm³/mol. The molecule has 0 saturated carbocycles. The van der Waals surface area contributed by atoms with Crippen LogP contribution < -0.4 is 5.32 Å². The van der Waals surface area contributed by atoms with Crippen LogP contribution in [0.2, 0.25) is 0 Å². The highest BCUT2D eigenvalue weighted by atomic mass is 19.4. The SMILES string of the molecule is CCCN1C(=O)[C@](NC(=O)c2ccc(F)cc2)(C(F)(F)F)N=C1c1ccccc1. The third-order valence-corrected chi connectivity index (χ3v) is 4.37. The van der Waals surface area contributed by atoms with E-state index in [0.717, 1.165) is 29.2 Å². The zero-order chi connectivity index (χ0) is 21.2. The fraction of sp³-hybridized carbons (Fsp3) is 0.250. The third kappa shape index (κ3) is 3.72. The Hall–Kier alpha value is -3.23. The van der Waals surface area contributed by atoms with E-state index < -0.39 is 29.5 Å². The van der Waals surface area contributed by atoms with Gasteiger partial charge in [0, 0.05) is 17.7 Å². The Morgan fingerprint density at radius 1 is 1.10 bits per heavy atom. The molecule has 0 fully saturated rings. The molecule has 29 heavy (non-hydrogen) atoms. The molecule has 1 aliphatic rings. The minimum Gasteiger partial charge on any atom is -0.312 e. The van der Waals surface area contributed by atoms with E-state index in [0.29, 0.717) is 12.0 Å². The number of halogens is 4. The smallest absolute Gasteiger partial charge is 0.312 e. The average molecular weight is 407 g/mol. The number of benzene rings is 2. The molecule has 0 saturated heterocycles. The molecule has 0 bridgehead atoms. The first kappa shape index (κ1) is 20.5. The molecule has 2 amide bonds. The molecule has 0 spiro atoms. The Morgan fingerprint density at radius 3 is 2.28 bits per heavy atom. The van der Waals surface area contributed by atoms with Crippen LogP contribution in [0.4, 0.5) is 17.6 Å². The van der Waals surface area contributed by atoms with Crippen LogP contribution in [-0.4, -0.2) is 40.9 Å². The molecule has 1 aliphatic heterocycles. The highest BCUT2D eigenvalue weighted by Gasteiger charge is 2.67. The lowest BCUT2D eigenvalue weighted by molar-refractivity contribution is -0.196. The van der Waals surface area contributed by atoms with Gasteiger partial charge in [-0.15, -0.1) is 0 Å². The van der Waals surface area contributed by atoms with Crippen molar-refractivity contribution in [1.29, 1.82) is 0 Å². The number of rotatable bonds is 5. The summed E-state index contributed by atoms with van der Waals surface area (Å²) in [6, 6.07) is 11.9. The van der Waals surface area contributed by atoms with Crippen molar-refractivity contribution in [3.05, 3.63) is 71.5 Å². The number of nitrogens with one attached hydrogen (secondary N) is 1. The molecule has 0 aromatic heterocycles. The number of carbonyl (C=O) groups is 2. The van der Waals surface area contributed by atoms with Gasteiger partial charge >= 0.3 is 11.8 Å². The van der Waals surface area contributed by atoms with Crippen LogP contribution in [0.25, 0.3) is 0 Å². The predicted octanol–water partition coefficient (Wildman–Crippen LogP) is 3.51. The van der Waals surface area contributed by atoms with Crippen molar-refractivity contribution in [3.63, 3.8) is 0 Å². The lowest BCUT2D eigenvalue weighted by atomic mass is 10.1. The molecule has 1 heterocycles. The van der Waals surface area contributed by atoms with Gasteiger partial charge in [0.05, 0.1) is 0 Å².